The van der Waals surface area contributed by atoms with Gasteiger partial charge in [-0.05, 0) is 31.0 Å². The molecule has 1 aromatic carbocycles. The summed E-state index contributed by atoms with van der Waals surface area (Å²) in [4.78, 5) is 17.8. The van der Waals surface area contributed by atoms with Gasteiger partial charge in [-0.2, -0.15) is 13.2 Å². The summed E-state index contributed by atoms with van der Waals surface area (Å²) in [6, 6.07) is 7.20. The van der Waals surface area contributed by atoms with Gasteiger partial charge in [-0.1, -0.05) is 12.1 Å². The number of rotatable bonds is 9. The third kappa shape index (κ3) is 9.83. The molecule has 0 aromatic heterocycles. The van der Waals surface area contributed by atoms with Crippen LogP contribution in [-0.2, 0) is 11.3 Å². The second-order valence-electron chi connectivity index (χ2n) is 6.04. The molecule has 0 aliphatic rings. The van der Waals surface area contributed by atoms with Crippen molar-refractivity contribution in [2.75, 3.05) is 40.4 Å². The van der Waals surface area contributed by atoms with Crippen LogP contribution in [0.5, 0.6) is 0 Å². The average molecular weight is 388 g/mol. The van der Waals surface area contributed by atoms with Crippen molar-refractivity contribution in [3.05, 3.63) is 35.4 Å². The van der Waals surface area contributed by atoms with E-state index >= 15 is 0 Å². The van der Waals surface area contributed by atoms with Gasteiger partial charge in [0.15, 0.2) is 5.96 Å². The predicted octanol–water partition coefficient (Wildman–Crippen LogP) is 2.41. The fraction of sp³-hybridized carbons (Fsp3) is 0.556. The van der Waals surface area contributed by atoms with Gasteiger partial charge in [-0.3, -0.25) is 4.79 Å². The van der Waals surface area contributed by atoms with Gasteiger partial charge in [-0.15, -0.1) is 0 Å². The van der Waals surface area contributed by atoms with Gasteiger partial charge in [0, 0.05) is 39.4 Å². The Balaban J connectivity index is 2.45. The van der Waals surface area contributed by atoms with E-state index in [0.29, 0.717) is 37.6 Å². The standard InChI is InChI=1S/C18H27F3N4O2/c1-4-22-17(23-10-5-11-27-13-18(19,20)21)24-12-14-6-8-15(9-7-14)16(26)25(2)3/h6-9H,4-5,10-13H2,1-3H3,(H2,22,23,24). The molecule has 0 aliphatic carbocycles. The lowest BCUT2D eigenvalue weighted by atomic mass is 10.1. The maximum absolute atomic E-state index is 12.0. The summed E-state index contributed by atoms with van der Waals surface area (Å²) in [5, 5.41) is 6.12. The summed E-state index contributed by atoms with van der Waals surface area (Å²) in [6.45, 7) is 2.23. The van der Waals surface area contributed by atoms with Gasteiger partial charge in [0.2, 0.25) is 0 Å². The summed E-state index contributed by atoms with van der Waals surface area (Å²) < 4.78 is 40.5. The van der Waals surface area contributed by atoms with Crippen LogP contribution in [0.3, 0.4) is 0 Å². The van der Waals surface area contributed by atoms with Crippen molar-refractivity contribution < 1.29 is 22.7 Å². The zero-order valence-corrected chi connectivity index (χ0v) is 15.9. The quantitative estimate of drug-likeness (QED) is 0.387. The number of carbonyl (C=O) groups is 1. The van der Waals surface area contributed by atoms with Gasteiger partial charge < -0.3 is 20.3 Å². The second kappa shape index (κ2) is 11.4. The summed E-state index contributed by atoms with van der Waals surface area (Å²) in [5.74, 6) is 0.509. The monoisotopic (exact) mass is 388 g/mol. The van der Waals surface area contributed by atoms with Gasteiger partial charge in [0.05, 0.1) is 6.54 Å². The van der Waals surface area contributed by atoms with Crippen LogP contribution in [0, 0.1) is 0 Å². The molecule has 0 bridgehead atoms. The number of benzene rings is 1. The Morgan fingerprint density at radius 3 is 2.41 bits per heavy atom. The number of alkyl halides is 3. The number of guanidine groups is 1. The van der Waals surface area contributed by atoms with E-state index in [0.717, 1.165) is 5.56 Å². The number of hydrogen-bond donors (Lipinski definition) is 2. The molecule has 0 aliphatic heterocycles. The molecule has 0 atom stereocenters. The molecule has 0 unspecified atom stereocenters. The highest BCUT2D eigenvalue weighted by Crippen LogP contribution is 2.14. The van der Waals surface area contributed by atoms with Crippen LogP contribution in [0.4, 0.5) is 13.2 Å². The largest absolute Gasteiger partial charge is 0.411 e. The Morgan fingerprint density at radius 1 is 1.19 bits per heavy atom. The van der Waals surface area contributed by atoms with E-state index < -0.39 is 12.8 Å². The SMILES string of the molecule is CCNC(=NCc1ccc(C(=O)N(C)C)cc1)NCCCOCC(F)(F)F. The van der Waals surface area contributed by atoms with Crippen LogP contribution in [0.1, 0.15) is 29.3 Å². The molecular formula is C18H27F3N4O2. The maximum atomic E-state index is 12.0. The lowest BCUT2D eigenvalue weighted by Gasteiger charge is -2.12. The van der Waals surface area contributed by atoms with Crippen LogP contribution in [0.25, 0.3) is 0 Å². The molecule has 1 amide bonds. The van der Waals surface area contributed by atoms with E-state index in [2.05, 4.69) is 20.4 Å². The third-order valence-corrected chi connectivity index (χ3v) is 3.39. The topological polar surface area (TPSA) is 66.0 Å². The first-order valence-corrected chi connectivity index (χ1v) is 8.70. The normalized spacial score (nSPS) is 12.0. The molecule has 9 heteroatoms. The Hall–Kier alpha value is -2.29. The zero-order chi connectivity index (χ0) is 20.3. The van der Waals surface area contributed by atoms with Crippen molar-refractivity contribution in [1.82, 2.24) is 15.5 Å². The first-order chi connectivity index (χ1) is 12.7. The van der Waals surface area contributed by atoms with Gasteiger partial charge in [0.25, 0.3) is 5.91 Å². The lowest BCUT2D eigenvalue weighted by molar-refractivity contribution is -0.173. The lowest BCUT2D eigenvalue weighted by Crippen LogP contribution is -2.38. The smallest absolute Gasteiger partial charge is 0.372 e. The van der Waals surface area contributed by atoms with Crippen molar-refractivity contribution in [2.24, 2.45) is 4.99 Å². The zero-order valence-electron chi connectivity index (χ0n) is 15.9. The van der Waals surface area contributed by atoms with E-state index in [9.17, 15) is 18.0 Å². The van der Waals surface area contributed by atoms with Gasteiger partial charge in [0.1, 0.15) is 6.61 Å². The van der Waals surface area contributed by atoms with Crippen LogP contribution >= 0.6 is 0 Å². The van der Waals surface area contributed by atoms with Crippen molar-refractivity contribution in [1.29, 1.82) is 0 Å². The third-order valence-electron chi connectivity index (χ3n) is 3.39. The van der Waals surface area contributed by atoms with E-state index in [1.807, 2.05) is 19.1 Å². The fourth-order valence-corrected chi connectivity index (χ4v) is 2.09. The first kappa shape index (κ1) is 22.8. The maximum Gasteiger partial charge on any atom is 0.411 e. The Labute approximate surface area is 157 Å². The van der Waals surface area contributed by atoms with E-state index in [-0.39, 0.29) is 12.5 Å². The van der Waals surface area contributed by atoms with Crippen molar-refractivity contribution in [3.8, 4) is 0 Å². The highest BCUT2D eigenvalue weighted by Gasteiger charge is 2.27. The van der Waals surface area contributed by atoms with Crippen molar-refractivity contribution in [2.45, 2.75) is 26.1 Å². The number of halogens is 3. The van der Waals surface area contributed by atoms with E-state index in [1.165, 1.54) is 4.90 Å². The summed E-state index contributed by atoms with van der Waals surface area (Å²) in [6.07, 6.45) is -3.86. The van der Waals surface area contributed by atoms with Crippen molar-refractivity contribution in [3.63, 3.8) is 0 Å². The molecule has 6 nitrogen and oxygen atoms in total. The molecule has 1 aromatic rings. The summed E-state index contributed by atoms with van der Waals surface area (Å²) >= 11 is 0. The number of ether oxygens (including phenoxy) is 1. The van der Waals surface area contributed by atoms with Crippen molar-refractivity contribution >= 4 is 11.9 Å². The Morgan fingerprint density at radius 2 is 1.85 bits per heavy atom. The fourth-order valence-electron chi connectivity index (χ4n) is 2.09. The number of carbonyl (C=O) groups excluding carboxylic acids is 1. The van der Waals surface area contributed by atoms with Crippen LogP contribution in [-0.4, -0.2) is 63.3 Å². The molecule has 27 heavy (non-hydrogen) atoms. The summed E-state index contributed by atoms with van der Waals surface area (Å²) in [7, 11) is 3.39. The first-order valence-electron chi connectivity index (χ1n) is 8.70. The second-order valence-corrected chi connectivity index (χ2v) is 6.04. The molecule has 0 saturated heterocycles. The van der Waals surface area contributed by atoms with Gasteiger partial charge >= 0.3 is 6.18 Å². The number of amides is 1. The number of nitrogens with zero attached hydrogens (tertiary/aromatic N) is 2. The molecule has 0 radical (unpaired) electrons. The van der Waals surface area contributed by atoms with E-state index in [4.69, 9.17) is 0 Å². The molecule has 0 fully saturated rings. The number of aliphatic imine (C=N–C) groups is 1. The summed E-state index contributed by atoms with van der Waals surface area (Å²) in [5.41, 5.74) is 1.55. The molecule has 1 rings (SSSR count). The Bertz CT molecular complexity index is 602. The number of hydrogen-bond acceptors (Lipinski definition) is 3. The molecule has 2 N–H and O–H groups in total. The van der Waals surface area contributed by atoms with E-state index in [1.54, 1.807) is 26.2 Å². The Kier molecular flexibility index (Phi) is 9.63. The molecular weight excluding hydrogens is 361 g/mol. The minimum absolute atomic E-state index is 0.0211. The minimum Gasteiger partial charge on any atom is -0.372 e. The minimum atomic E-state index is -4.30. The van der Waals surface area contributed by atoms with Gasteiger partial charge in [-0.25, -0.2) is 4.99 Å². The molecule has 0 saturated carbocycles. The molecule has 0 spiro atoms. The predicted molar refractivity (Wildman–Crippen MR) is 98.8 cm³/mol. The molecule has 152 valence electrons. The average Bonchev–Trinajstić information content (AvgIpc) is 2.61. The van der Waals surface area contributed by atoms with Crippen LogP contribution in [0.2, 0.25) is 0 Å². The highest BCUT2D eigenvalue weighted by molar-refractivity contribution is 5.93. The van der Waals surface area contributed by atoms with Crippen LogP contribution in [0.15, 0.2) is 29.3 Å². The van der Waals surface area contributed by atoms with Crippen LogP contribution < -0.4 is 10.6 Å². The number of nitrogens with one attached hydrogen (secondary N) is 2. The highest BCUT2D eigenvalue weighted by atomic mass is 19.4. The molecule has 0 heterocycles.